The van der Waals surface area contributed by atoms with Crippen LogP contribution in [0.5, 0.6) is 0 Å². The molecule has 8 nitrogen and oxygen atoms in total. The zero-order valence-electron chi connectivity index (χ0n) is 12.5. The van der Waals surface area contributed by atoms with Crippen LogP contribution in [0.25, 0.3) is 0 Å². The SMILES string of the molecule is CCc1nc2n(n1)CCC[C@@H]2NS(=O)(=O)c1cc(Cl)cnc1N. The first kappa shape index (κ1) is 16.2. The first-order valence-electron chi connectivity index (χ1n) is 7.27. The largest absolute Gasteiger partial charge is 0.383 e. The minimum Gasteiger partial charge on any atom is -0.383 e. The van der Waals surface area contributed by atoms with E-state index in [0.717, 1.165) is 13.0 Å². The molecule has 2 aromatic rings. The zero-order chi connectivity index (χ0) is 16.6. The van der Waals surface area contributed by atoms with Gasteiger partial charge in [-0.05, 0) is 18.9 Å². The first-order chi connectivity index (χ1) is 10.9. The summed E-state index contributed by atoms with van der Waals surface area (Å²) in [6.45, 7) is 2.69. The monoisotopic (exact) mass is 356 g/mol. The molecule has 0 amide bonds. The van der Waals surface area contributed by atoms with Crippen LogP contribution >= 0.6 is 11.6 Å². The van der Waals surface area contributed by atoms with Gasteiger partial charge in [0.25, 0.3) is 0 Å². The molecule has 3 rings (SSSR count). The summed E-state index contributed by atoms with van der Waals surface area (Å²) in [5, 5.41) is 4.57. The van der Waals surface area contributed by atoms with Gasteiger partial charge in [0.1, 0.15) is 16.5 Å². The Bertz CT molecular complexity index is 835. The van der Waals surface area contributed by atoms with Crippen LogP contribution in [0.1, 0.15) is 37.5 Å². The van der Waals surface area contributed by atoms with E-state index in [1.54, 1.807) is 4.68 Å². The van der Waals surface area contributed by atoms with Crippen LogP contribution in [0, 0.1) is 0 Å². The van der Waals surface area contributed by atoms with Gasteiger partial charge >= 0.3 is 0 Å². The van der Waals surface area contributed by atoms with Crippen molar-refractivity contribution in [3.63, 3.8) is 0 Å². The Balaban J connectivity index is 1.93. The number of aromatic nitrogens is 4. The third kappa shape index (κ3) is 3.17. The van der Waals surface area contributed by atoms with Crippen molar-refractivity contribution in [3.05, 3.63) is 28.9 Å². The topological polar surface area (TPSA) is 116 Å². The molecule has 0 fully saturated rings. The third-order valence-corrected chi connectivity index (χ3v) is 5.38. The summed E-state index contributed by atoms with van der Waals surface area (Å²) >= 11 is 5.83. The van der Waals surface area contributed by atoms with Crippen molar-refractivity contribution in [2.24, 2.45) is 0 Å². The van der Waals surface area contributed by atoms with Gasteiger partial charge in [-0.1, -0.05) is 18.5 Å². The van der Waals surface area contributed by atoms with Crippen molar-refractivity contribution < 1.29 is 8.42 Å². The number of nitrogens with one attached hydrogen (secondary N) is 1. The normalized spacial score (nSPS) is 17.9. The molecule has 2 aromatic heterocycles. The van der Waals surface area contributed by atoms with E-state index in [4.69, 9.17) is 17.3 Å². The van der Waals surface area contributed by atoms with E-state index in [2.05, 4.69) is 19.8 Å². The molecular weight excluding hydrogens is 340 g/mol. The number of hydrogen-bond donors (Lipinski definition) is 2. The first-order valence-corrected chi connectivity index (χ1v) is 9.14. The highest BCUT2D eigenvalue weighted by Crippen LogP contribution is 2.27. The summed E-state index contributed by atoms with van der Waals surface area (Å²) < 4.78 is 29.6. The minimum atomic E-state index is -3.86. The molecule has 1 atom stereocenters. The lowest BCUT2D eigenvalue weighted by Gasteiger charge is -2.23. The lowest BCUT2D eigenvalue weighted by atomic mass is 10.1. The van der Waals surface area contributed by atoms with Crippen molar-refractivity contribution in [1.82, 2.24) is 24.5 Å². The Kier molecular flexibility index (Phi) is 4.26. The Hall–Kier alpha value is -1.71. The van der Waals surface area contributed by atoms with Gasteiger partial charge in [-0.15, -0.1) is 0 Å². The zero-order valence-corrected chi connectivity index (χ0v) is 14.1. The fraction of sp³-hybridized carbons (Fsp3) is 0.462. The molecule has 0 unspecified atom stereocenters. The van der Waals surface area contributed by atoms with Crippen LogP contribution in [0.3, 0.4) is 0 Å². The number of anilines is 1. The lowest BCUT2D eigenvalue weighted by Crippen LogP contribution is -2.33. The summed E-state index contributed by atoms with van der Waals surface area (Å²) in [6.07, 6.45) is 3.47. The Labute approximate surface area is 139 Å². The number of hydrogen-bond acceptors (Lipinski definition) is 6. The number of aryl methyl sites for hydroxylation is 2. The van der Waals surface area contributed by atoms with Gasteiger partial charge in [0.05, 0.1) is 11.1 Å². The van der Waals surface area contributed by atoms with Crippen molar-refractivity contribution in [2.45, 2.75) is 43.7 Å². The van der Waals surface area contributed by atoms with Crippen LogP contribution < -0.4 is 10.5 Å². The quantitative estimate of drug-likeness (QED) is 0.852. The molecule has 1 aliphatic rings. The van der Waals surface area contributed by atoms with Crippen molar-refractivity contribution in [1.29, 1.82) is 0 Å². The fourth-order valence-electron chi connectivity index (χ4n) is 2.56. The Morgan fingerprint density at radius 3 is 3.04 bits per heavy atom. The van der Waals surface area contributed by atoms with E-state index in [1.807, 2.05) is 6.92 Å². The van der Waals surface area contributed by atoms with Gasteiger partial charge in [-0.25, -0.2) is 27.8 Å². The summed E-state index contributed by atoms with van der Waals surface area (Å²) in [4.78, 5) is 8.09. The number of nitrogens with two attached hydrogens (primary N) is 1. The van der Waals surface area contributed by atoms with Crippen LogP contribution in [-0.4, -0.2) is 28.2 Å². The van der Waals surface area contributed by atoms with Crippen LogP contribution in [0.2, 0.25) is 5.02 Å². The Morgan fingerprint density at radius 1 is 1.52 bits per heavy atom. The number of sulfonamides is 1. The molecule has 0 saturated heterocycles. The van der Waals surface area contributed by atoms with Crippen LogP contribution in [0.15, 0.2) is 17.2 Å². The number of fused-ring (bicyclic) bond motifs is 1. The highest BCUT2D eigenvalue weighted by atomic mass is 35.5. The molecule has 0 aromatic carbocycles. The summed E-state index contributed by atoms with van der Waals surface area (Å²) in [7, 11) is -3.86. The average molecular weight is 357 g/mol. The molecule has 0 saturated carbocycles. The molecule has 10 heteroatoms. The number of pyridine rings is 1. The highest BCUT2D eigenvalue weighted by Gasteiger charge is 2.30. The standard InChI is InChI=1S/C13H17ClN6O2S/c1-2-11-17-13-9(4-3-5-20(13)18-11)19-23(21,22)10-6-8(14)7-16-12(10)15/h6-7,9,19H,2-5H2,1H3,(H2,15,16)/t9-/m0/s1. The van der Waals surface area contributed by atoms with Crippen LogP contribution in [0.4, 0.5) is 5.82 Å². The molecule has 124 valence electrons. The molecule has 23 heavy (non-hydrogen) atoms. The third-order valence-electron chi connectivity index (χ3n) is 3.67. The van der Waals surface area contributed by atoms with E-state index in [0.29, 0.717) is 24.5 Å². The minimum absolute atomic E-state index is 0.0894. The Morgan fingerprint density at radius 2 is 2.30 bits per heavy atom. The second-order valence-electron chi connectivity index (χ2n) is 5.32. The number of nitrogens with zero attached hydrogens (tertiary/aromatic N) is 4. The highest BCUT2D eigenvalue weighted by molar-refractivity contribution is 7.89. The van der Waals surface area contributed by atoms with E-state index in [-0.39, 0.29) is 15.7 Å². The summed E-state index contributed by atoms with van der Waals surface area (Å²) in [5.74, 6) is 1.24. The van der Waals surface area contributed by atoms with Gasteiger partial charge < -0.3 is 5.73 Å². The maximum absolute atomic E-state index is 12.6. The summed E-state index contributed by atoms with van der Waals surface area (Å²) in [5.41, 5.74) is 5.68. The van der Waals surface area contributed by atoms with E-state index >= 15 is 0 Å². The van der Waals surface area contributed by atoms with Crippen molar-refractivity contribution >= 4 is 27.4 Å². The van der Waals surface area contributed by atoms with E-state index < -0.39 is 16.1 Å². The molecule has 0 radical (unpaired) electrons. The average Bonchev–Trinajstić information content (AvgIpc) is 2.93. The molecule has 3 N–H and O–H groups in total. The summed E-state index contributed by atoms with van der Waals surface area (Å²) in [6, 6.07) is 0.844. The maximum Gasteiger partial charge on any atom is 0.244 e. The smallest absolute Gasteiger partial charge is 0.244 e. The number of halogens is 1. The molecule has 3 heterocycles. The molecule has 0 bridgehead atoms. The van der Waals surface area contributed by atoms with Crippen molar-refractivity contribution in [3.8, 4) is 0 Å². The van der Waals surface area contributed by atoms with Gasteiger partial charge in [0, 0.05) is 19.2 Å². The predicted molar refractivity (Wildman–Crippen MR) is 85.4 cm³/mol. The van der Waals surface area contributed by atoms with Gasteiger partial charge in [0.15, 0.2) is 5.82 Å². The lowest BCUT2D eigenvalue weighted by molar-refractivity contribution is 0.399. The van der Waals surface area contributed by atoms with Crippen molar-refractivity contribution in [2.75, 3.05) is 5.73 Å². The molecule has 1 aliphatic heterocycles. The number of rotatable bonds is 4. The van der Waals surface area contributed by atoms with Gasteiger partial charge in [0.2, 0.25) is 10.0 Å². The van der Waals surface area contributed by atoms with Gasteiger partial charge in [-0.2, -0.15) is 5.10 Å². The molecule has 0 aliphatic carbocycles. The van der Waals surface area contributed by atoms with E-state index in [1.165, 1.54) is 12.3 Å². The number of nitrogen functional groups attached to an aromatic ring is 1. The van der Waals surface area contributed by atoms with Gasteiger partial charge in [-0.3, -0.25) is 0 Å². The second-order valence-corrected chi connectivity index (χ2v) is 7.43. The van der Waals surface area contributed by atoms with Crippen LogP contribution in [-0.2, 0) is 23.0 Å². The maximum atomic E-state index is 12.6. The molecular formula is C13H17ClN6O2S. The van der Waals surface area contributed by atoms with E-state index in [9.17, 15) is 8.42 Å². The molecule has 0 spiro atoms. The predicted octanol–water partition coefficient (Wildman–Crippen LogP) is 1.28. The fourth-order valence-corrected chi connectivity index (χ4v) is 4.12. The second kappa shape index (κ2) is 6.06.